The molecule has 1 aliphatic rings. The number of nitrogens with two attached hydrogens (primary N) is 1. The van der Waals surface area contributed by atoms with Crippen LogP contribution in [0.4, 0.5) is 10.2 Å². The monoisotopic (exact) mass is 315 g/mol. The van der Waals surface area contributed by atoms with E-state index in [9.17, 15) is 9.65 Å². The standard InChI is InChI=1S/C17H15ClFN3/c1-9-5-6-14-10(7-9)15(11(8-20)17(21)22-14)16-12(18)3-2-4-13(16)19/h2-4,9H,5-7H2,1H3,(H2,21,22). The van der Waals surface area contributed by atoms with Crippen molar-refractivity contribution in [2.24, 2.45) is 5.92 Å². The van der Waals surface area contributed by atoms with Gasteiger partial charge in [0.25, 0.3) is 0 Å². The Labute approximate surface area is 133 Å². The molecule has 0 radical (unpaired) electrons. The predicted octanol–water partition coefficient (Wildman–Crippen LogP) is 4.12. The van der Waals surface area contributed by atoms with Gasteiger partial charge in [-0.05, 0) is 42.9 Å². The first-order valence-corrected chi connectivity index (χ1v) is 7.56. The van der Waals surface area contributed by atoms with Crippen LogP contribution in [0.25, 0.3) is 11.1 Å². The normalized spacial score (nSPS) is 16.9. The Morgan fingerprint density at radius 3 is 2.86 bits per heavy atom. The van der Waals surface area contributed by atoms with Crippen LogP contribution in [-0.2, 0) is 12.8 Å². The average molecular weight is 316 g/mol. The van der Waals surface area contributed by atoms with Gasteiger partial charge in [0.2, 0.25) is 0 Å². The summed E-state index contributed by atoms with van der Waals surface area (Å²) in [5.74, 6) is 0.147. The summed E-state index contributed by atoms with van der Waals surface area (Å²) in [6.07, 6.45) is 2.54. The SMILES string of the molecule is CC1CCc2nc(N)c(C#N)c(-c3c(F)cccc3Cl)c2C1. The van der Waals surface area contributed by atoms with Gasteiger partial charge in [-0.3, -0.25) is 0 Å². The van der Waals surface area contributed by atoms with Crippen molar-refractivity contribution >= 4 is 17.4 Å². The zero-order chi connectivity index (χ0) is 15.9. The molecule has 5 heteroatoms. The molecular weight excluding hydrogens is 301 g/mol. The number of hydrogen-bond acceptors (Lipinski definition) is 3. The zero-order valence-corrected chi connectivity index (χ0v) is 12.9. The highest BCUT2D eigenvalue weighted by atomic mass is 35.5. The van der Waals surface area contributed by atoms with Gasteiger partial charge < -0.3 is 5.73 Å². The number of nitrogen functional groups attached to an aromatic ring is 1. The van der Waals surface area contributed by atoms with Crippen LogP contribution in [0.1, 0.15) is 30.2 Å². The van der Waals surface area contributed by atoms with Gasteiger partial charge in [0.05, 0.1) is 5.02 Å². The Morgan fingerprint density at radius 2 is 2.18 bits per heavy atom. The van der Waals surface area contributed by atoms with Crippen LogP contribution in [0.15, 0.2) is 18.2 Å². The third-order valence-corrected chi connectivity index (χ3v) is 4.48. The highest BCUT2D eigenvalue weighted by Crippen LogP contribution is 2.41. The smallest absolute Gasteiger partial charge is 0.142 e. The van der Waals surface area contributed by atoms with Crippen LogP contribution in [0.5, 0.6) is 0 Å². The van der Waals surface area contributed by atoms with Crippen LogP contribution < -0.4 is 5.73 Å². The van der Waals surface area contributed by atoms with E-state index in [1.54, 1.807) is 12.1 Å². The summed E-state index contributed by atoms with van der Waals surface area (Å²) in [5, 5.41) is 9.75. The largest absolute Gasteiger partial charge is 0.383 e. The number of pyridine rings is 1. The summed E-state index contributed by atoms with van der Waals surface area (Å²) >= 11 is 6.21. The number of nitriles is 1. The maximum Gasteiger partial charge on any atom is 0.142 e. The highest BCUT2D eigenvalue weighted by molar-refractivity contribution is 6.33. The first kappa shape index (κ1) is 14.8. The van der Waals surface area contributed by atoms with Gasteiger partial charge in [0.1, 0.15) is 23.3 Å². The molecule has 1 unspecified atom stereocenters. The molecule has 112 valence electrons. The topological polar surface area (TPSA) is 62.7 Å². The van der Waals surface area contributed by atoms with Crippen molar-refractivity contribution in [3.63, 3.8) is 0 Å². The molecular formula is C17H15ClFN3. The third kappa shape index (κ3) is 2.32. The number of anilines is 1. The van der Waals surface area contributed by atoms with Gasteiger partial charge in [-0.15, -0.1) is 0 Å². The number of aryl methyl sites for hydroxylation is 1. The molecule has 0 fully saturated rings. The lowest BCUT2D eigenvalue weighted by Gasteiger charge is -2.25. The molecule has 1 aromatic carbocycles. The molecule has 0 amide bonds. The summed E-state index contributed by atoms with van der Waals surface area (Å²) in [6.45, 7) is 2.14. The number of halogens is 2. The second kappa shape index (κ2) is 5.58. The number of benzene rings is 1. The molecule has 0 spiro atoms. The molecule has 0 aliphatic heterocycles. The van der Waals surface area contributed by atoms with Crippen LogP contribution >= 0.6 is 11.6 Å². The van der Waals surface area contributed by atoms with Crippen LogP contribution in [0, 0.1) is 23.1 Å². The lowest BCUT2D eigenvalue weighted by Crippen LogP contribution is -2.17. The molecule has 22 heavy (non-hydrogen) atoms. The number of aromatic nitrogens is 1. The Hall–Kier alpha value is -2.12. The fraction of sp³-hybridized carbons (Fsp3) is 0.294. The first-order valence-electron chi connectivity index (χ1n) is 7.18. The van der Waals surface area contributed by atoms with Crippen molar-refractivity contribution in [2.45, 2.75) is 26.2 Å². The summed E-state index contributed by atoms with van der Waals surface area (Å²) in [4.78, 5) is 4.35. The fourth-order valence-electron chi connectivity index (χ4n) is 3.08. The van der Waals surface area contributed by atoms with Crippen molar-refractivity contribution in [1.29, 1.82) is 5.26 Å². The number of fused-ring (bicyclic) bond motifs is 1. The van der Waals surface area contributed by atoms with Crippen molar-refractivity contribution in [3.05, 3.63) is 45.9 Å². The second-order valence-corrected chi connectivity index (χ2v) is 6.14. The Morgan fingerprint density at radius 1 is 1.41 bits per heavy atom. The van der Waals surface area contributed by atoms with Crippen molar-refractivity contribution in [2.75, 3.05) is 5.73 Å². The van der Waals surface area contributed by atoms with Crippen molar-refractivity contribution < 1.29 is 4.39 Å². The van der Waals surface area contributed by atoms with E-state index in [0.717, 1.165) is 30.5 Å². The van der Waals surface area contributed by atoms with E-state index < -0.39 is 5.82 Å². The predicted molar refractivity (Wildman–Crippen MR) is 85.0 cm³/mol. The minimum absolute atomic E-state index is 0.144. The minimum atomic E-state index is -0.449. The van der Waals surface area contributed by atoms with Crippen LogP contribution in [0.2, 0.25) is 5.02 Å². The van der Waals surface area contributed by atoms with Gasteiger partial charge in [0, 0.05) is 16.8 Å². The highest BCUT2D eigenvalue weighted by Gasteiger charge is 2.27. The molecule has 1 atom stereocenters. The lowest BCUT2D eigenvalue weighted by molar-refractivity contribution is 0.495. The molecule has 2 N–H and O–H groups in total. The molecule has 0 bridgehead atoms. The summed E-state index contributed by atoms with van der Waals surface area (Å²) in [6, 6.07) is 6.58. The molecule has 3 nitrogen and oxygen atoms in total. The van der Waals surface area contributed by atoms with Gasteiger partial charge in [-0.1, -0.05) is 24.6 Å². The summed E-state index contributed by atoms with van der Waals surface area (Å²) in [7, 11) is 0. The molecule has 1 heterocycles. The Kier molecular flexibility index (Phi) is 3.76. The molecule has 1 aliphatic carbocycles. The maximum absolute atomic E-state index is 14.4. The van der Waals surface area contributed by atoms with E-state index in [2.05, 4.69) is 18.0 Å². The third-order valence-electron chi connectivity index (χ3n) is 4.16. The van der Waals surface area contributed by atoms with E-state index in [1.165, 1.54) is 6.07 Å². The van der Waals surface area contributed by atoms with Crippen LogP contribution in [0.3, 0.4) is 0 Å². The van der Waals surface area contributed by atoms with E-state index in [4.69, 9.17) is 17.3 Å². The number of rotatable bonds is 1. The van der Waals surface area contributed by atoms with Crippen LogP contribution in [-0.4, -0.2) is 4.98 Å². The van der Waals surface area contributed by atoms with Gasteiger partial charge in [-0.2, -0.15) is 5.26 Å². The summed E-state index contributed by atoms with van der Waals surface area (Å²) < 4.78 is 14.4. The van der Waals surface area contributed by atoms with E-state index >= 15 is 0 Å². The molecule has 0 saturated heterocycles. The van der Waals surface area contributed by atoms with E-state index in [1.807, 2.05) is 0 Å². The Balaban J connectivity index is 2.39. The molecule has 3 rings (SSSR count). The van der Waals surface area contributed by atoms with Crippen molar-refractivity contribution in [1.82, 2.24) is 4.98 Å². The first-order chi connectivity index (χ1) is 10.5. The quantitative estimate of drug-likeness (QED) is 0.861. The number of hydrogen-bond donors (Lipinski definition) is 1. The Bertz CT molecular complexity index is 775. The molecule has 0 saturated carbocycles. The maximum atomic E-state index is 14.4. The van der Waals surface area contributed by atoms with Crippen molar-refractivity contribution in [3.8, 4) is 17.2 Å². The average Bonchev–Trinajstić information content (AvgIpc) is 2.47. The number of nitrogens with zero attached hydrogens (tertiary/aromatic N) is 2. The van der Waals surface area contributed by atoms with Gasteiger partial charge >= 0.3 is 0 Å². The van der Waals surface area contributed by atoms with Gasteiger partial charge in [-0.25, -0.2) is 9.37 Å². The minimum Gasteiger partial charge on any atom is -0.383 e. The fourth-order valence-corrected chi connectivity index (χ4v) is 3.34. The van der Waals surface area contributed by atoms with E-state index in [-0.39, 0.29) is 22.0 Å². The zero-order valence-electron chi connectivity index (χ0n) is 12.2. The molecule has 2 aromatic rings. The van der Waals surface area contributed by atoms with Gasteiger partial charge in [0.15, 0.2) is 0 Å². The molecule has 1 aromatic heterocycles. The van der Waals surface area contributed by atoms with E-state index in [0.29, 0.717) is 11.5 Å². The second-order valence-electron chi connectivity index (χ2n) is 5.73. The lowest BCUT2D eigenvalue weighted by atomic mass is 9.82. The summed E-state index contributed by atoms with van der Waals surface area (Å²) in [5.41, 5.74) is 8.65.